The largest absolute Gasteiger partial charge is 0.378 e. The monoisotopic (exact) mass is 193 g/mol. The molecule has 0 aliphatic carbocycles. The Hall–Kier alpha value is -0.850. The zero-order valence-corrected chi connectivity index (χ0v) is 8.16. The van der Waals surface area contributed by atoms with Crippen LogP contribution in [0.15, 0.2) is 0 Å². The van der Waals surface area contributed by atoms with E-state index in [4.69, 9.17) is 11.2 Å². The van der Waals surface area contributed by atoms with E-state index >= 15 is 0 Å². The summed E-state index contributed by atoms with van der Waals surface area (Å²) in [6.07, 6.45) is 7.20. The third kappa shape index (κ3) is 1.97. The van der Waals surface area contributed by atoms with Crippen molar-refractivity contribution in [3.05, 3.63) is 0 Å². The fourth-order valence-electron chi connectivity index (χ4n) is 2.35. The molecule has 3 nitrogen and oxygen atoms in total. The van der Waals surface area contributed by atoms with Crippen LogP contribution in [0.1, 0.15) is 19.3 Å². The Morgan fingerprint density at radius 2 is 2.07 bits per heavy atom. The van der Waals surface area contributed by atoms with Crippen molar-refractivity contribution >= 4 is 5.78 Å². The molecule has 0 saturated carbocycles. The zero-order valence-electron chi connectivity index (χ0n) is 8.16. The molecule has 2 fully saturated rings. The Morgan fingerprint density at radius 1 is 1.43 bits per heavy atom. The smallest absolute Gasteiger partial charge is 0.147 e. The predicted molar refractivity (Wildman–Crippen MR) is 52.7 cm³/mol. The van der Waals surface area contributed by atoms with E-state index < -0.39 is 0 Å². The van der Waals surface area contributed by atoms with E-state index in [0.717, 1.165) is 26.1 Å². The Balaban J connectivity index is 1.95. The highest BCUT2D eigenvalue weighted by Crippen LogP contribution is 2.25. The van der Waals surface area contributed by atoms with Gasteiger partial charge in [-0.1, -0.05) is 5.92 Å². The van der Waals surface area contributed by atoms with E-state index in [0.29, 0.717) is 12.1 Å². The first-order valence-corrected chi connectivity index (χ1v) is 5.09. The summed E-state index contributed by atoms with van der Waals surface area (Å²) < 4.78 is 5.41. The van der Waals surface area contributed by atoms with E-state index in [1.807, 2.05) is 0 Å². The van der Waals surface area contributed by atoms with Crippen LogP contribution < -0.4 is 5.32 Å². The number of carbonyl (C=O) groups is 1. The molecule has 0 aromatic rings. The standard InChI is InChI=1S/C11H15NO2/c1-2-3-11(13)8-4-9-6-14-7-10(5-8)12-9/h1,8-10,12H,3-7H2. The number of carbonyl (C=O) groups excluding carboxylic acids is 1. The van der Waals surface area contributed by atoms with Gasteiger partial charge in [-0.3, -0.25) is 4.79 Å². The van der Waals surface area contributed by atoms with Crippen LogP contribution in [0.25, 0.3) is 0 Å². The molecule has 2 saturated heterocycles. The molecule has 0 aromatic heterocycles. The summed E-state index contributed by atoms with van der Waals surface area (Å²) in [7, 11) is 0. The van der Waals surface area contributed by atoms with Crippen LogP contribution in [-0.2, 0) is 9.53 Å². The van der Waals surface area contributed by atoms with E-state index in [2.05, 4.69) is 11.2 Å². The minimum atomic E-state index is 0.159. The number of hydrogen-bond donors (Lipinski definition) is 1. The van der Waals surface area contributed by atoms with Crippen LogP contribution in [0, 0.1) is 18.3 Å². The zero-order chi connectivity index (χ0) is 9.97. The summed E-state index contributed by atoms with van der Waals surface area (Å²) in [6.45, 7) is 1.46. The van der Waals surface area contributed by atoms with Gasteiger partial charge in [-0.2, -0.15) is 0 Å². The molecule has 0 amide bonds. The number of terminal acetylenes is 1. The first kappa shape index (κ1) is 9.70. The maximum Gasteiger partial charge on any atom is 0.147 e. The molecule has 2 rings (SSSR count). The highest BCUT2D eigenvalue weighted by molar-refractivity contribution is 5.83. The second-order valence-corrected chi connectivity index (χ2v) is 4.11. The van der Waals surface area contributed by atoms with Crippen LogP contribution in [-0.4, -0.2) is 31.1 Å². The summed E-state index contributed by atoms with van der Waals surface area (Å²) in [4.78, 5) is 11.6. The molecule has 0 radical (unpaired) electrons. The van der Waals surface area contributed by atoms with Crippen molar-refractivity contribution in [3.63, 3.8) is 0 Å². The van der Waals surface area contributed by atoms with Gasteiger partial charge in [-0.15, -0.1) is 6.42 Å². The third-order valence-electron chi connectivity index (χ3n) is 2.98. The van der Waals surface area contributed by atoms with Crippen molar-refractivity contribution in [2.75, 3.05) is 13.2 Å². The summed E-state index contributed by atoms with van der Waals surface area (Å²) in [5, 5.41) is 3.45. The molecule has 1 N–H and O–H groups in total. The van der Waals surface area contributed by atoms with Crippen molar-refractivity contribution in [2.45, 2.75) is 31.3 Å². The van der Waals surface area contributed by atoms with E-state index in [1.54, 1.807) is 0 Å². The van der Waals surface area contributed by atoms with Crippen LogP contribution in [0.4, 0.5) is 0 Å². The Morgan fingerprint density at radius 3 is 2.64 bits per heavy atom. The normalized spacial score (nSPS) is 36.1. The molecule has 3 heteroatoms. The van der Waals surface area contributed by atoms with Gasteiger partial charge in [0.05, 0.1) is 19.6 Å². The van der Waals surface area contributed by atoms with Crippen LogP contribution in [0.5, 0.6) is 0 Å². The van der Waals surface area contributed by atoms with Gasteiger partial charge in [0.1, 0.15) is 5.78 Å². The molecule has 0 aromatic carbocycles. The molecule has 76 valence electrons. The third-order valence-corrected chi connectivity index (χ3v) is 2.98. The highest BCUT2D eigenvalue weighted by atomic mass is 16.5. The number of piperidine rings is 1. The predicted octanol–water partition coefficient (Wildman–Crippen LogP) is 0.346. The van der Waals surface area contributed by atoms with Gasteiger partial charge in [-0.25, -0.2) is 0 Å². The van der Waals surface area contributed by atoms with Gasteiger partial charge in [-0.05, 0) is 12.8 Å². The Labute approximate surface area is 84.2 Å². The molecule has 2 bridgehead atoms. The summed E-state index contributed by atoms with van der Waals surface area (Å²) in [5.41, 5.74) is 0. The Bertz CT molecular complexity index is 257. The summed E-state index contributed by atoms with van der Waals surface area (Å²) >= 11 is 0. The lowest BCUT2D eigenvalue weighted by atomic mass is 9.83. The maximum absolute atomic E-state index is 11.6. The van der Waals surface area contributed by atoms with Crippen LogP contribution in [0.3, 0.4) is 0 Å². The molecule has 0 spiro atoms. The number of ether oxygens (including phenoxy) is 1. The number of ketones is 1. The summed E-state index contributed by atoms with van der Waals surface area (Å²) in [6, 6.07) is 0.712. The van der Waals surface area contributed by atoms with Crippen molar-refractivity contribution in [3.8, 4) is 12.3 Å². The van der Waals surface area contributed by atoms with Crippen molar-refractivity contribution in [1.29, 1.82) is 0 Å². The lowest BCUT2D eigenvalue weighted by molar-refractivity contribution is -0.124. The first-order valence-electron chi connectivity index (χ1n) is 5.09. The minimum absolute atomic E-state index is 0.159. The van der Waals surface area contributed by atoms with Gasteiger partial charge in [0.15, 0.2) is 0 Å². The van der Waals surface area contributed by atoms with E-state index in [1.165, 1.54) is 0 Å². The maximum atomic E-state index is 11.6. The van der Waals surface area contributed by atoms with Crippen LogP contribution >= 0.6 is 0 Å². The molecule has 2 atom stereocenters. The topological polar surface area (TPSA) is 38.3 Å². The fraction of sp³-hybridized carbons (Fsp3) is 0.727. The number of fused-ring (bicyclic) bond motifs is 2. The fourth-order valence-corrected chi connectivity index (χ4v) is 2.35. The van der Waals surface area contributed by atoms with E-state index in [-0.39, 0.29) is 18.1 Å². The lowest BCUT2D eigenvalue weighted by Crippen LogP contribution is -2.55. The van der Waals surface area contributed by atoms with Gasteiger partial charge in [0.25, 0.3) is 0 Å². The molecular formula is C11H15NO2. The van der Waals surface area contributed by atoms with E-state index in [9.17, 15) is 4.79 Å². The lowest BCUT2D eigenvalue weighted by Gasteiger charge is -2.39. The number of morpholine rings is 1. The highest BCUT2D eigenvalue weighted by Gasteiger charge is 2.34. The molecule has 2 aliphatic rings. The van der Waals surface area contributed by atoms with Gasteiger partial charge in [0, 0.05) is 18.0 Å². The van der Waals surface area contributed by atoms with Crippen molar-refractivity contribution < 1.29 is 9.53 Å². The molecule has 2 aliphatic heterocycles. The molecule has 14 heavy (non-hydrogen) atoms. The van der Waals surface area contributed by atoms with Gasteiger partial charge in [0.2, 0.25) is 0 Å². The average Bonchev–Trinajstić information content (AvgIpc) is 2.17. The number of Topliss-reactive ketones (excluding diaryl/α,β-unsaturated/α-hetero) is 1. The van der Waals surface area contributed by atoms with Gasteiger partial charge >= 0.3 is 0 Å². The number of hydrogen-bond acceptors (Lipinski definition) is 3. The molecule has 2 unspecified atom stereocenters. The second-order valence-electron chi connectivity index (χ2n) is 4.11. The summed E-state index contributed by atoms with van der Waals surface area (Å²) in [5.74, 6) is 2.82. The quantitative estimate of drug-likeness (QED) is 0.643. The van der Waals surface area contributed by atoms with Crippen molar-refractivity contribution in [1.82, 2.24) is 5.32 Å². The van der Waals surface area contributed by atoms with Crippen molar-refractivity contribution in [2.24, 2.45) is 5.92 Å². The Kier molecular flexibility index (Phi) is 2.85. The first-order chi connectivity index (χ1) is 6.79. The van der Waals surface area contributed by atoms with Gasteiger partial charge < -0.3 is 10.1 Å². The SMILES string of the molecule is C#CCC(=O)C1CC2COCC(C1)N2. The number of rotatable bonds is 2. The minimum Gasteiger partial charge on any atom is -0.378 e. The second kappa shape index (κ2) is 4.12. The number of nitrogens with one attached hydrogen (secondary N) is 1. The van der Waals surface area contributed by atoms with Crippen LogP contribution in [0.2, 0.25) is 0 Å². The molecular weight excluding hydrogens is 178 g/mol. The molecule has 2 heterocycles. The average molecular weight is 193 g/mol.